The van der Waals surface area contributed by atoms with Crippen LogP contribution in [-0.2, 0) is 16.0 Å². The number of nitrogens with two attached hydrogens (primary N) is 1. The Morgan fingerprint density at radius 3 is 2.83 bits per heavy atom. The van der Waals surface area contributed by atoms with E-state index in [0.717, 1.165) is 0 Å². The van der Waals surface area contributed by atoms with Gasteiger partial charge in [-0.1, -0.05) is 0 Å². The normalized spacial score (nSPS) is 18.5. The van der Waals surface area contributed by atoms with E-state index < -0.39 is 17.6 Å². The molecule has 18 heavy (non-hydrogen) atoms. The fourth-order valence-corrected chi connectivity index (χ4v) is 2.01. The lowest BCUT2D eigenvalue weighted by Crippen LogP contribution is -2.34. The molecule has 0 spiro atoms. The second-order valence-corrected chi connectivity index (χ2v) is 5.39. The Morgan fingerprint density at radius 2 is 2.22 bits per heavy atom. The van der Waals surface area contributed by atoms with E-state index in [1.807, 2.05) is 0 Å². The van der Waals surface area contributed by atoms with Gasteiger partial charge < -0.3 is 10.5 Å². The molecule has 0 unspecified atom stereocenters. The van der Waals surface area contributed by atoms with Crippen molar-refractivity contribution in [3.8, 4) is 0 Å². The Hall–Kier alpha value is -1.85. The van der Waals surface area contributed by atoms with Crippen molar-refractivity contribution in [2.45, 2.75) is 45.3 Å². The molecule has 98 valence electrons. The van der Waals surface area contributed by atoms with Crippen LogP contribution in [0.2, 0.25) is 0 Å². The lowest BCUT2D eigenvalue weighted by molar-refractivity contribution is -0.158. The molecule has 0 aliphatic carbocycles. The number of aryl methyl sites for hydroxylation is 1. The van der Waals surface area contributed by atoms with Gasteiger partial charge in [0.2, 0.25) is 0 Å². The van der Waals surface area contributed by atoms with Crippen LogP contribution < -0.4 is 11.3 Å². The van der Waals surface area contributed by atoms with Crippen LogP contribution in [0.15, 0.2) is 11.0 Å². The van der Waals surface area contributed by atoms with Crippen LogP contribution in [0.4, 0.5) is 5.69 Å². The molecule has 1 aliphatic rings. The maximum Gasteiger partial charge on any atom is 0.329 e. The number of fused-ring (bicyclic) bond motifs is 1. The van der Waals surface area contributed by atoms with Crippen LogP contribution in [0.25, 0.3) is 0 Å². The third kappa shape index (κ3) is 2.23. The van der Waals surface area contributed by atoms with Crippen LogP contribution in [0, 0.1) is 0 Å². The van der Waals surface area contributed by atoms with E-state index in [-0.39, 0.29) is 11.2 Å². The third-order valence-electron chi connectivity index (χ3n) is 2.73. The van der Waals surface area contributed by atoms with E-state index in [1.165, 1.54) is 10.8 Å². The summed E-state index contributed by atoms with van der Waals surface area (Å²) in [5, 5.41) is 0. The molecule has 6 heteroatoms. The largest absolute Gasteiger partial charge is 0.458 e. The minimum atomic E-state index is -0.609. The van der Waals surface area contributed by atoms with Gasteiger partial charge in [-0.2, -0.15) is 0 Å². The lowest BCUT2D eigenvalue weighted by Gasteiger charge is -2.22. The van der Waals surface area contributed by atoms with Crippen molar-refractivity contribution in [3.63, 3.8) is 0 Å². The van der Waals surface area contributed by atoms with Gasteiger partial charge in [-0.25, -0.2) is 9.78 Å². The highest BCUT2D eigenvalue weighted by Gasteiger charge is 2.33. The summed E-state index contributed by atoms with van der Waals surface area (Å²) in [5.74, 6) is 0.181. The summed E-state index contributed by atoms with van der Waals surface area (Å²) in [6.07, 6.45) is 2.45. The zero-order valence-electron chi connectivity index (χ0n) is 10.8. The van der Waals surface area contributed by atoms with Crippen LogP contribution >= 0.6 is 0 Å². The molecule has 1 atom stereocenters. The number of hydrogen-bond acceptors (Lipinski definition) is 5. The van der Waals surface area contributed by atoms with Gasteiger partial charge in [0.15, 0.2) is 0 Å². The minimum Gasteiger partial charge on any atom is -0.458 e. The quantitative estimate of drug-likeness (QED) is 0.741. The van der Waals surface area contributed by atoms with Crippen molar-refractivity contribution in [2.24, 2.45) is 0 Å². The zero-order chi connectivity index (χ0) is 13.5. The van der Waals surface area contributed by atoms with Gasteiger partial charge in [0, 0.05) is 6.42 Å². The number of anilines is 1. The topological polar surface area (TPSA) is 87.2 Å². The predicted molar refractivity (Wildman–Crippen MR) is 66.1 cm³/mol. The second kappa shape index (κ2) is 4.12. The maximum atomic E-state index is 12.0. The maximum absolute atomic E-state index is 12.0. The summed E-state index contributed by atoms with van der Waals surface area (Å²) in [7, 11) is 0. The lowest BCUT2D eigenvalue weighted by atomic mass is 10.1. The van der Waals surface area contributed by atoms with Crippen molar-refractivity contribution in [1.82, 2.24) is 9.55 Å². The first-order chi connectivity index (χ1) is 8.29. The number of hydrogen-bond donors (Lipinski definition) is 1. The van der Waals surface area contributed by atoms with Gasteiger partial charge in [0.25, 0.3) is 5.56 Å². The first kappa shape index (κ1) is 12.6. The summed E-state index contributed by atoms with van der Waals surface area (Å²) in [5.41, 5.74) is 4.65. The number of aromatic nitrogens is 2. The van der Waals surface area contributed by atoms with Crippen LogP contribution in [-0.4, -0.2) is 21.1 Å². The fraction of sp³-hybridized carbons (Fsp3) is 0.583. The van der Waals surface area contributed by atoms with E-state index >= 15 is 0 Å². The molecular weight excluding hydrogens is 234 g/mol. The second-order valence-electron chi connectivity index (χ2n) is 5.39. The smallest absolute Gasteiger partial charge is 0.329 e. The number of esters is 1. The average Bonchev–Trinajstić information content (AvgIpc) is 2.65. The summed E-state index contributed by atoms with van der Waals surface area (Å²) < 4.78 is 6.66. The van der Waals surface area contributed by atoms with E-state index in [4.69, 9.17) is 10.5 Å². The molecule has 0 bridgehead atoms. The summed E-state index contributed by atoms with van der Waals surface area (Å²) in [4.78, 5) is 28.0. The number of carbonyl (C=O) groups is 1. The third-order valence-corrected chi connectivity index (χ3v) is 2.73. The van der Waals surface area contributed by atoms with E-state index in [2.05, 4.69) is 4.98 Å². The molecular formula is C12H17N3O3. The van der Waals surface area contributed by atoms with E-state index in [9.17, 15) is 9.59 Å². The first-order valence-corrected chi connectivity index (χ1v) is 5.88. The molecule has 1 aromatic heterocycles. The Balaban J connectivity index is 2.35. The van der Waals surface area contributed by atoms with Gasteiger partial charge in [-0.05, 0) is 27.2 Å². The molecule has 6 nitrogen and oxygen atoms in total. The molecule has 1 aromatic rings. The highest BCUT2D eigenvalue weighted by Crippen LogP contribution is 2.25. The van der Waals surface area contributed by atoms with Crippen LogP contribution in [0.3, 0.4) is 0 Å². The Labute approximate surface area is 105 Å². The summed E-state index contributed by atoms with van der Waals surface area (Å²) in [6.45, 7) is 5.38. The number of carbonyl (C=O) groups excluding carboxylic acids is 1. The zero-order valence-corrected chi connectivity index (χ0v) is 10.8. The Kier molecular flexibility index (Phi) is 2.88. The number of rotatable bonds is 1. The average molecular weight is 251 g/mol. The molecule has 0 saturated carbocycles. The molecule has 0 radical (unpaired) electrons. The highest BCUT2D eigenvalue weighted by molar-refractivity contribution is 5.75. The number of nitrogen functional groups attached to an aromatic ring is 1. The Bertz CT molecular complexity index is 542. The summed E-state index contributed by atoms with van der Waals surface area (Å²) >= 11 is 0. The summed E-state index contributed by atoms with van der Waals surface area (Å²) in [6, 6.07) is -0.609. The van der Waals surface area contributed by atoms with Crippen LogP contribution in [0.5, 0.6) is 0 Å². The monoisotopic (exact) mass is 251 g/mol. The molecule has 0 amide bonds. The van der Waals surface area contributed by atoms with E-state index in [0.29, 0.717) is 18.7 Å². The van der Waals surface area contributed by atoms with Crippen molar-refractivity contribution in [2.75, 3.05) is 5.73 Å². The molecule has 0 saturated heterocycles. The number of nitrogens with zero attached hydrogens (tertiary/aromatic N) is 2. The molecule has 1 aliphatic heterocycles. The predicted octanol–water partition coefficient (Wildman–Crippen LogP) is 0.654. The Morgan fingerprint density at radius 1 is 1.56 bits per heavy atom. The molecule has 2 N–H and O–H groups in total. The number of ether oxygens (including phenoxy) is 1. The van der Waals surface area contributed by atoms with E-state index in [1.54, 1.807) is 20.8 Å². The van der Waals surface area contributed by atoms with Crippen molar-refractivity contribution < 1.29 is 9.53 Å². The highest BCUT2D eigenvalue weighted by atomic mass is 16.6. The molecule has 2 heterocycles. The van der Waals surface area contributed by atoms with Gasteiger partial charge in [0.1, 0.15) is 23.2 Å². The van der Waals surface area contributed by atoms with Crippen LogP contribution in [0.1, 0.15) is 39.1 Å². The molecule has 0 aromatic carbocycles. The van der Waals surface area contributed by atoms with Crippen molar-refractivity contribution in [1.29, 1.82) is 0 Å². The molecule has 0 fully saturated rings. The fourth-order valence-electron chi connectivity index (χ4n) is 2.01. The minimum absolute atomic E-state index is 0.0502. The molecule has 2 rings (SSSR count). The van der Waals surface area contributed by atoms with Gasteiger partial charge in [-0.3, -0.25) is 9.36 Å². The first-order valence-electron chi connectivity index (χ1n) is 5.88. The van der Waals surface area contributed by atoms with Crippen molar-refractivity contribution in [3.05, 3.63) is 22.4 Å². The van der Waals surface area contributed by atoms with Gasteiger partial charge in [0.05, 0.1) is 6.20 Å². The SMILES string of the molecule is CC(C)(C)OC(=O)[C@@H]1CCc2ncc(N)c(=O)n21. The van der Waals surface area contributed by atoms with Gasteiger partial charge in [-0.15, -0.1) is 0 Å². The van der Waals surface area contributed by atoms with Crippen molar-refractivity contribution >= 4 is 11.7 Å². The standard InChI is InChI=1S/C12H17N3O3/c1-12(2,3)18-11(17)8-4-5-9-14-6-7(13)10(16)15(8)9/h6,8H,4-5,13H2,1-3H3/t8-/m0/s1. The van der Waals surface area contributed by atoms with Gasteiger partial charge >= 0.3 is 5.97 Å².